The number of carbonyl (C=O) groups is 5. The van der Waals surface area contributed by atoms with E-state index in [0.29, 0.717) is 93.9 Å². The average Bonchev–Trinajstić information content (AvgIpc) is 3.79. The number of nitrogens with one attached hydrogen (secondary N) is 2. The quantitative estimate of drug-likeness (QED) is 0.107. The number of nitrogens with zero attached hydrogens (tertiary/aromatic N) is 7. The van der Waals surface area contributed by atoms with E-state index < -0.39 is 24.6 Å². The van der Waals surface area contributed by atoms with Crippen molar-refractivity contribution in [2.24, 2.45) is 0 Å². The van der Waals surface area contributed by atoms with Gasteiger partial charge < -0.3 is 39.4 Å². The minimum atomic E-state index is -0.743. The van der Waals surface area contributed by atoms with Gasteiger partial charge in [0.1, 0.15) is 42.9 Å². The standard InChI is InChI=1S/C44H50N10O9/c45-43-36(22-33(48-49-43)32-4-1-2-7-37(32)63-41(58)27-62-40(57)26-50-16-19-60-20-17-50)54-24-30(23-46-54)52-15-14-51(25-39(52)56)29-10-8-28(9-11-29)31-5-3-6-34-42(31)61-21-18-53(34)35-12-13-38(55)47-44(35)59/h1-7,22-24,28-29,35H,8-21,25-27H2,(H2,45,49)(H,47,55,59)/p+1. The molecule has 1 aliphatic carbocycles. The molecule has 1 unspecified atom stereocenters. The largest absolute Gasteiger partial charge is 0.489 e. The SMILES string of the molecule is Nc1nnc(-c2ccccc2OC(=O)COC(=O)C[NH+]2CCOCC2)cc1-n1cc(N2CCN(C3CCC(c4cccc5c4OCCN5C4CCC(=O)NC4=O)CC3)CC2=O)cn1. The number of benzene rings is 2. The third-order valence-electron chi connectivity index (χ3n) is 12.7. The van der Waals surface area contributed by atoms with Crippen LogP contribution in [0.25, 0.3) is 16.9 Å². The maximum absolute atomic E-state index is 13.7. The van der Waals surface area contributed by atoms with Crippen molar-refractivity contribution in [3.8, 4) is 28.4 Å². The van der Waals surface area contributed by atoms with E-state index in [1.807, 2.05) is 12.1 Å². The van der Waals surface area contributed by atoms with E-state index in [0.717, 1.165) is 47.6 Å². The molecule has 1 atom stereocenters. The number of quaternary nitrogens is 1. The molecule has 2 aromatic carbocycles. The zero-order valence-corrected chi connectivity index (χ0v) is 34.9. The number of rotatable bonds is 11. The minimum absolute atomic E-state index is 0.0210. The third kappa shape index (κ3) is 9.21. The Kier molecular flexibility index (Phi) is 12.3. The van der Waals surface area contributed by atoms with Gasteiger partial charge in [0.15, 0.2) is 19.0 Å². The topological polar surface area (TPSA) is 218 Å². The molecule has 9 rings (SSSR count). The molecule has 3 amide bonds. The number of carbonyl (C=O) groups excluding carboxylic acids is 5. The number of morpholine rings is 1. The number of anilines is 3. The van der Waals surface area contributed by atoms with Crippen LogP contribution in [0.4, 0.5) is 17.2 Å². The fourth-order valence-electron chi connectivity index (χ4n) is 9.39. The summed E-state index contributed by atoms with van der Waals surface area (Å²) in [6, 6.07) is 14.5. The molecular formula is C44H51N10O9+. The second kappa shape index (κ2) is 18.5. The van der Waals surface area contributed by atoms with Crippen LogP contribution in [0.15, 0.2) is 60.9 Å². The van der Waals surface area contributed by atoms with Crippen molar-refractivity contribution in [2.45, 2.75) is 56.5 Å². The number of piperidine rings is 1. The predicted molar refractivity (Wildman–Crippen MR) is 226 cm³/mol. The number of nitrogen functional groups attached to an aromatic ring is 1. The highest BCUT2D eigenvalue weighted by Crippen LogP contribution is 2.45. The fraction of sp³-hybridized carbons (Fsp3) is 0.455. The molecule has 330 valence electrons. The van der Waals surface area contributed by atoms with Gasteiger partial charge in [-0.25, -0.2) is 14.3 Å². The lowest BCUT2D eigenvalue weighted by Crippen LogP contribution is -3.15. The van der Waals surface area contributed by atoms with Crippen LogP contribution >= 0.6 is 0 Å². The van der Waals surface area contributed by atoms with Crippen LogP contribution < -0.4 is 35.2 Å². The van der Waals surface area contributed by atoms with Gasteiger partial charge in [-0.15, -0.1) is 10.2 Å². The van der Waals surface area contributed by atoms with Gasteiger partial charge in [-0.05, 0) is 67.9 Å². The Labute approximate surface area is 363 Å². The Morgan fingerprint density at radius 1 is 0.905 bits per heavy atom. The van der Waals surface area contributed by atoms with E-state index in [1.54, 1.807) is 52.3 Å². The van der Waals surface area contributed by atoms with Gasteiger partial charge >= 0.3 is 11.9 Å². The average molecular weight is 864 g/mol. The first-order valence-corrected chi connectivity index (χ1v) is 21.6. The lowest BCUT2D eigenvalue weighted by atomic mass is 9.80. The van der Waals surface area contributed by atoms with Crippen LogP contribution in [-0.4, -0.2) is 139 Å². The van der Waals surface area contributed by atoms with E-state index in [2.05, 4.69) is 36.5 Å². The zero-order chi connectivity index (χ0) is 43.5. The summed E-state index contributed by atoms with van der Waals surface area (Å²) in [5, 5.41) is 15.5. The summed E-state index contributed by atoms with van der Waals surface area (Å²) in [7, 11) is 0. The molecule has 2 aromatic heterocycles. The second-order valence-corrected chi connectivity index (χ2v) is 16.5. The van der Waals surface area contributed by atoms with Gasteiger partial charge in [0.25, 0.3) is 0 Å². The first kappa shape index (κ1) is 41.9. The lowest BCUT2D eigenvalue weighted by molar-refractivity contribution is -0.900. The highest BCUT2D eigenvalue weighted by molar-refractivity contribution is 6.02. The molecule has 5 aliphatic rings. The Hall–Kier alpha value is -6.44. The molecule has 4 N–H and O–H groups in total. The Morgan fingerprint density at radius 2 is 1.73 bits per heavy atom. The molecule has 6 heterocycles. The summed E-state index contributed by atoms with van der Waals surface area (Å²) >= 11 is 0. The van der Waals surface area contributed by atoms with Crippen LogP contribution in [0.1, 0.15) is 50.0 Å². The molecule has 1 saturated carbocycles. The lowest BCUT2D eigenvalue weighted by Gasteiger charge is -2.42. The van der Waals surface area contributed by atoms with Gasteiger partial charge in [-0.1, -0.05) is 24.3 Å². The molecule has 19 nitrogen and oxygen atoms in total. The Morgan fingerprint density at radius 3 is 2.54 bits per heavy atom. The molecule has 19 heteroatoms. The van der Waals surface area contributed by atoms with Gasteiger partial charge in [0.2, 0.25) is 17.7 Å². The van der Waals surface area contributed by atoms with E-state index >= 15 is 0 Å². The number of esters is 2. The summed E-state index contributed by atoms with van der Waals surface area (Å²) in [4.78, 5) is 70.5. The molecule has 4 aliphatic heterocycles. The number of nitrogens with two attached hydrogens (primary N) is 1. The predicted octanol–water partition coefficient (Wildman–Crippen LogP) is 0.654. The van der Waals surface area contributed by atoms with Gasteiger partial charge in [-0.3, -0.25) is 24.6 Å². The molecular weight excluding hydrogens is 813 g/mol. The van der Waals surface area contributed by atoms with Crippen molar-refractivity contribution in [3.63, 3.8) is 0 Å². The van der Waals surface area contributed by atoms with Crippen molar-refractivity contribution in [1.82, 2.24) is 30.2 Å². The summed E-state index contributed by atoms with van der Waals surface area (Å²) in [5.74, 6) is -0.290. The zero-order valence-electron chi connectivity index (χ0n) is 34.9. The molecule has 3 saturated heterocycles. The number of hydrogen-bond acceptors (Lipinski definition) is 15. The molecule has 0 radical (unpaired) electrons. The number of ether oxygens (including phenoxy) is 4. The maximum Gasteiger partial charge on any atom is 0.362 e. The first-order chi connectivity index (χ1) is 30.7. The smallest absolute Gasteiger partial charge is 0.362 e. The van der Waals surface area contributed by atoms with Crippen LogP contribution in [0.5, 0.6) is 11.5 Å². The first-order valence-electron chi connectivity index (χ1n) is 21.6. The van der Waals surface area contributed by atoms with Crippen molar-refractivity contribution >= 4 is 46.9 Å². The normalized spacial score (nSPS) is 22.2. The Bertz CT molecular complexity index is 2380. The number of piperazine rings is 1. The van der Waals surface area contributed by atoms with E-state index in [9.17, 15) is 24.0 Å². The number of hydrogen-bond donors (Lipinski definition) is 3. The van der Waals surface area contributed by atoms with Gasteiger partial charge in [0.05, 0.1) is 55.8 Å². The number of aromatic nitrogens is 4. The molecule has 4 fully saturated rings. The van der Waals surface area contributed by atoms with Crippen molar-refractivity contribution in [3.05, 3.63) is 66.5 Å². The number of fused-ring (bicyclic) bond motifs is 1. The molecule has 63 heavy (non-hydrogen) atoms. The number of amides is 3. The number of para-hydroxylation sites is 2. The van der Waals surface area contributed by atoms with Crippen LogP contribution in [0, 0.1) is 0 Å². The molecule has 0 bridgehead atoms. The fourth-order valence-corrected chi connectivity index (χ4v) is 9.39. The summed E-state index contributed by atoms with van der Waals surface area (Å²) < 4.78 is 23.9. The highest BCUT2D eigenvalue weighted by Gasteiger charge is 2.38. The van der Waals surface area contributed by atoms with Crippen LogP contribution in [0.3, 0.4) is 0 Å². The van der Waals surface area contributed by atoms with Crippen LogP contribution in [-0.2, 0) is 33.4 Å². The highest BCUT2D eigenvalue weighted by atomic mass is 16.6. The van der Waals surface area contributed by atoms with Crippen molar-refractivity contribution in [2.75, 3.05) is 87.8 Å². The minimum Gasteiger partial charge on any atom is -0.489 e. The van der Waals surface area contributed by atoms with Crippen molar-refractivity contribution in [1.29, 1.82) is 0 Å². The third-order valence-corrected chi connectivity index (χ3v) is 12.7. The van der Waals surface area contributed by atoms with E-state index in [4.69, 9.17) is 24.7 Å². The van der Waals surface area contributed by atoms with Gasteiger partial charge in [0, 0.05) is 31.1 Å². The number of imide groups is 1. The summed E-state index contributed by atoms with van der Waals surface area (Å²) in [6.07, 6.45) is 7.96. The van der Waals surface area contributed by atoms with Crippen molar-refractivity contribution < 1.29 is 47.8 Å². The summed E-state index contributed by atoms with van der Waals surface area (Å²) in [5.41, 5.74) is 10.2. The van der Waals surface area contributed by atoms with E-state index in [-0.39, 0.29) is 48.4 Å². The maximum atomic E-state index is 13.7. The second-order valence-electron chi connectivity index (χ2n) is 16.5. The van der Waals surface area contributed by atoms with E-state index in [1.165, 1.54) is 0 Å². The summed E-state index contributed by atoms with van der Waals surface area (Å²) in [6.45, 7) is 4.71. The van der Waals surface area contributed by atoms with Gasteiger partial charge in [-0.2, -0.15) is 5.10 Å². The monoisotopic (exact) mass is 863 g/mol. The molecule has 4 aromatic rings. The van der Waals surface area contributed by atoms with Crippen LogP contribution in [0.2, 0.25) is 0 Å². The Balaban J connectivity index is 0.800. The molecule has 0 spiro atoms.